The van der Waals surface area contributed by atoms with Gasteiger partial charge in [-0.25, -0.2) is 15.0 Å². The van der Waals surface area contributed by atoms with Crippen molar-refractivity contribution in [1.82, 2.24) is 19.3 Å². The Hall–Kier alpha value is -1.76. The minimum atomic E-state index is 0.545. The van der Waals surface area contributed by atoms with Crippen molar-refractivity contribution in [3.05, 3.63) is 23.4 Å². The average molecular weight is 328 g/mol. The Morgan fingerprint density at radius 1 is 1.13 bits per heavy atom. The maximum Gasteiger partial charge on any atom is 0.205 e. The van der Waals surface area contributed by atoms with Crippen LogP contribution in [0.1, 0.15) is 42.3 Å². The van der Waals surface area contributed by atoms with Gasteiger partial charge in [0.2, 0.25) is 5.13 Å². The summed E-state index contributed by atoms with van der Waals surface area (Å²) in [6, 6.07) is 1.09. The number of rotatable bonds is 3. The molecule has 0 N–H and O–H groups in total. The van der Waals surface area contributed by atoms with Crippen LogP contribution in [0.5, 0.6) is 0 Å². The van der Waals surface area contributed by atoms with Gasteiger partial charge in [-0.05, 0) is 33.1 Å². The van der Waals surface area contributed by atoms with E-state index in [1.807, 2.05) is 0 Å². The first-order chi connectivity index (χ1) is 11.2. The van der Waals surface area contributed by atoms with Gasteiger partial charge >= 0.3 is 0 Å². The molecule has 2 atom stereocenters. The summed E-state index contributed by atoms with van der Waals surface area (Å²) >= 11 is 1.58. The van der Waals surface area contributed by atoms with Crippen molar-refractivity contribution in [3.8, 4) is 0 Å². The van der Waals surface area contributed by atoms with Crippen LogP contribution >= 0.6 is 11.5 Å². The highest BCUT2D eigenvalue weighted by Crippen LogP contribution is 2.43. The molecule has 6 nitrogen and oxygen atoms in total. The number of hydrogen-bond donors (Lipinski definition) is 0. The molecular weight excluding hydrogens is 308 g/mol. The zero-order valence-electron chi connectivity index (χ0n) is 13.4. The molecule has 0 amide bonds. The second kappa shape index (κ2) is 4.87. The quantitative estimate of drug-likeness (QED) is 0.861. The molecule has 2 unspecified atom stereocenters. The lowest BCUT2D eigenvalue weighted by molar-refractivity contribution is 0.290. The van der Waals surface area contributed by atoms with Crippen molar-refractivity contribution >= 4 is 22.5 Å². The SMILES string of the molecule is Cc1ncnc(N2CC3CC(C2)N3c2nc(C3CC3)ns2)c1C. The van der Waals surface area contributed by atoms with Crippen molar-refractivity contribution < 1.29 is 0 Å². The number of fused-ring (bicyclic) bond motifs is 2. The fraction of sp³-hybridized carbons (Fsp3) is 0.625. The van der Waals surface area contributed by atoms with Gasteiger partial charge in [-0.3, -0.25) is 0 Å². The molecule has 0 radical (unpaired) electrons. The molecule has 2 aromatic rings. The Morgan fingerprint density at radius 3 is 2.65 bits per heavy atom. The zero-order valence-corrected chi connectivity index (χ0v) is 14.3. The van der Waals surface area contributed by atoms with Crippen LogP contribution in [0.3, 0.4) is 0 Å². The molecule has 3 aliphatic heterocycles. The molecule has 0 spiro atoms. The second-order valence-corrected chi connectivity index (χ2v) is 7.70. The van der Waals surface area contributed by atoms with Crippen LogP contribution in [0.15, 0.2) is 6.33 Å². The van der Waals surface area contributed by atoms with E-state index in [0.29, 0.717) is 18.0 Å². The summed E-state index contributed by atoms with van der Waals surface area (Å²) in [5.74, 6) is 2.82. The monoisotopic (exact) mass is 328 g/mol. The molecule has 6 rings (SSSR count). The fourth-order valence-corrected chi connectivity index (χ4v) is 4.67. The van der Waals surface area contributed by atoms with Gasteiger partial charge in [0.1, 0.15) is 18.0 Å². The molecule has 1 aliphatic carbocycles. The summed E-state index contributed by atoms with van der Waals surface area (Å²) in [7, 11) is 0. The molecule has 1 saturated carbocycles. The smallest absolute Gasteiger partial charge is 0.205 e. The summed E-state index contributed by atoms with van der Waals surface area (Å²) in [4.78, 5) is 18.5. The molecule has 4 aliphatic rings. The molecule has 0 aromatic carbocycles. The molecule has 2 bridgehead atoms. The van der Waals surface area contributed by atoms with Crippen LogP contribution in [0.25, 0.3) is 0 Å². The topological polar surface area (TPSA) is 58.0 Å². The third-order valence-corrected chi connectivity index (χ3v) is 6.14. The minimum absolute atomic E-state index is 0.545. The summed E-state index contributed by atoms with van der Waals surface area (Å²) in [6.45, 7) is 6.21. The van der Waals surface area contributed by atoms with Gasteiger partial charge in [0.15, 0.2) is 0 Å². The highest BCUT2D eigenvalue weighted by atomic mass is 32.1. The van der Waals surface area contributed by atoms with Crippen molar-refractivity contribution in [3.63, 3.8) is 0 Å². The molecular formula is C16H20N6S. The molecule has 5 heterocycles. The van der Waals surface area contributed by atoms with Gasteiger partial charge in [0.25, 0.3) is 0 Å². The normalized spacial score (nSPS) is 26.3. The van der Waals surface area contributed by atoms with Crippen molar-refractivity contribution in [2.45, 2.75) is 51.1 Å². The highest BCUT2D eigenvalue weighted by molar-refractivity contribution is 7.09. The van der Waals surface area contributed by atoms with Gasteiger partial charge in [-0.15, -0.1) is 0 Å². The predicted octanol–water partition coefficient (Wildman–Crippen LogP) is 2.29. The average Bonchev–Trinajstić information content (AvgIpc) is 3.30. The lowest BCUT2D eigenvalue weighted by Crippen LogP contribution is -2.69. The first-order valence-corrected chi connectivity index (χ1v) is 9.13. The number of anilines is 2. The lowest BCUT2D eigenvalue weighted by atomic mass is 9.88. The summed E-state index contributed by atoms with van der Waals surface area (Å²) < 4.78 is 4.57. The van der Waals surface area contributed by atoms with E-state index in [9.17, 15) is 0 Å². The number of piperazine rings is 1. The number of hydrogen-bond acceptors (Lipinski definition) is 7. The third kappa shape index (κ3) is 2.13. The Balaban J connectivity index is 1.35. The van der Waals surface area contributed by atoms with E-state index in [-0.39, 0.29) is 0 Å². The number of aromatic nitrogens is 4. The molecule has 2 aromatic heterocycles. The van der Waals surface area contributed by atoms with Crippen LogP contribution in [0.4, 0.5) is 10.9 Å². The van der Waals surface area contributed by atoms with Gasteiger partial charge in [0, 0.05) is 41.8 Å². The predicted molar refractivity (Wildman–Crippen MR) is 90.3 cm³/mol. The first kappa shape index (κ1) is 13.7. The van der Waals surface area contributed by atoms with E-state index in [0.717, 1.165) is 35.6 Å². The molecule has 4 fully saturated rings. The maximum atomic E-state index is 4.80. The van der Waals surface area contributed by atoms with Gasteiger partial charge in [-0.1, -0.05) is 0 Å². The van der Waals surface area contributed by atoms with E-state index in [4.69, 9.17) is 4.98 Å². The van der Waals surface area contributed by atoms with E-state index in [2.05, 4.69) is 38.0 Å². The van der Waals surface area contributed by atoms with E-state index < -0.39 is 0 Å². The van der Waals surface area contributed by atoms with Crippen LogP contribution < -0.4 is 9.80 Å². The second-order valence-electron chi connectivity index (χ2n) is 6.97. The van der Waals surface area contributed by atoms with Crippen molar-refractivity contribution in [1.29, 1.82) is 0 Å². The Labute approximate surface area is 139 Å². The first-order valence-electron chi connectivity index (χ1n) is 8.36. The van der Waals surface area contributed by atoms with Gasteiger partial charge in [0.05, 0.1) is 12.1 Å². The van der Waals surface area contributed by atoms with Crippen LogP contribution in [0.2, 0.25) is 0 Å². The molecule has 23 heavy (non-hydrogen) atoms. The summed E-state index contributed by atoms with van der Waals surface area (Å²) in [6.07, 6.45) is 5.48. The largest absolute Gasteiger partial charge is 0.352 e. The van der Waals surface area contributed by atoms with Crippen molar-refractivity contribution in [2.75, 3.05) is 22.9 Å². The molecule has 120 valence electrons. The van der Waals surface area contributed by atoms with Gasteiger partial charge in [-0.2, -0.15) is 4.37 Å². The number of nitrogens with zero attached hydrogens (tertiary/aromatic N) is 6. The number of aryl methyl sites for hydroxylation is 1. The van der Waals surface area contributed by atoms with E-state index in [1.54, 1.807) is 17.9 Å². The molecule has 3 saturated heterocycles. The number of piperidine rings is 1. The van der Waals surface area contributed by atoms with E-state index >= 15 is 0 Å². The minimum Gasteiger partial charge on any atom is -0.352 e. The molecule has 7 heteroatoms. The summed E-state index contributed by atoms with van der Waals surface area (Å²) in [5.41, 5.74) is 2.27. The Bertz CT molecular complexity index is 743. The Morgan fingerprint density at radius 2 is 1.91 bits per heavy atom. The third-order valence-electron chi connectivity index (χ3n) is 5.40. The summed E-state index contributed by atoms with van der Waals surface area (Å²) in [5, 5.41) is 1.13. The van der Waals surface area contributed by atoms with E-state index in [1.165, 1.54) is 24.8 Å². The standard InChI is InChI=1S/C16H20N6S/c1-9-10(2)17-8-18-15(9)21-6-12-5-13(7-21)22(12)16-19-14(20-23-16)11-3-4-11/h8,11-13H,3-7H2,1-2H3. The highest BCUT2D eigenvalue weighted by Gasteiger charge is 2.47. The zero-order chi connectivity index (χ0) is 15.6. The van der Waals surface area contributed by atoms with Gasteiger partial charge < -0.3 is 9.80 Å². The van der Waals surface area contributed by atoms with Crippen LogP contribution in [-0.4, -0.2) is 44.5 Å². The van der Waals surface area contributed by atoms with Crippen LogP contribution in [-0.2, 0) is 0 Å². The van der Waals surface area contributed by atoms with Crippen molar-refractivity contribution in [2.24, 2.45) is 0 Å². The fourth-order valence-electron chi connectivity index (χ4n) is 3.78. The lowest BCUT2D eigenvalue weighted by Gasteiger charge is -2.56. The van der Waals surface area contributed by atoms with Crippen LogP contribution in [0, 0.1) is 13.8 Å². The Kier molecular flexibility index (Phi) is 2.89. The maximum absolute atomic E-state index is 4.80.